The van der Waals surface area contributed by atoms with Crippen LogP contribution in [0.4, 0.5) is 4.79 Å². The van der Waals surface area contributed by atoms with Crippen LogP contribution in [-0.2, 0) is 14.9 Å². The Bertz CT molecular complexity index is 546. The summed E-state index contributed by atoms with van der Waals surface area (Å²) in [5.74, 6) is 0.141. The molecule has 1 amide bonds. The molecule has 1 aromatic carbocycles. The summed E-state index contributed by atoms with van der Waals surface area (Å²) in [4.78, 5) is 24.4. The summed E-state index contributed by atoms with van der Waals surface area (Å²) in [6.07, 6.45) is 3.35. The molecule has 1 aromatic rings. The third-order valence-electron chi connectivity index (χ3n) is 4.15. The molecule has 5 heteroatoms. The molecule has 0 aliphatic heterocycles. The Balaban J connectivity index is 2.22. The second-order valence-electron chi connectivity index (χ2n) is 5.68. The molecule has 0 aromatic heterocycles. The first kappa shape index (κ1) is 16.8. The molecule has 0 heterocycles. The van der Waals surface area contributed by atoms with E-state index >= 15 is 0 Å². The fourth-order valence-electron chi connectivity index (χ4n) is 2.98. The largest absolute Gasteiger partial charge is 0.450 e. The van der Waals surface area contributed by atoms with Crippen LogP contribution in [0.25, 0.3) is 0 Å². The number of rotatable bonds is 5. The molecule has 1 fully saturated rings. The minimum absolute atomic E-state index is 0.141. The van der Waals surface area contributed by atoms with E-state index < -0.39 is 11.5 Å². The van der Waals surface area contributed by atoms with Gasteiger partial charge >= 0.3 is 6.09 Å². The number of hydrogen-bond donors (Lipinski definition) is 1. The van der Waals surface area contributed by atoms with Crippen LogP contribution in [0.2, 0.25) is 5.02 Å². The number of carbonyl (C=O) groups is 2. The van der Waals surface area contributed by atoms with Crippen molar-refractivity contribution in [2.24, 2.45) is 0 Å². The summed E-state index contributed by atoms with van der Waals surface area (Å²) in [7, 11) is 0. The molecule has 0 bridgehead atoms. The molecule has 120 valence electrons. The summed E-state index contributed by atoms with van der Waals surface area (Å²) >= 11 is 6.32. The standard InChI is InChI=1S/C17H22ClNO3/c1-2-11-22-16(21)19-12-17(10-6-5-9-15(17)20)13-7-3-4-8-14(13)18/h3-4,7-8H,2,5-6,9-12H2,1H3,(H,19,21)/t17-/m1/s1. The quantitative estimate of drug-likeness (QED) is 0.895. The van der Waals surface area contributed by atoms with Gasteiger partial charge in [0.1, 0.15) is 5.78 Å². The van der Waals surface area contributed by atoms with Gasteiger partial charge in [0.25, 0.3) is 0 Å². The molecule has 0 saturated heterocycles. The maximum atomic E-state index is 12.6. The number of hydrogen-bond acceptors (Lipinski definition) is 3. The lowest BCUT2D eigenvalue weighted by atomic mass is 9.68. The van der Waals surface area contributed by atoms with E-state index in [-0.39, 0.29) is 12.3 Å². The molecule has 1 saturated carbocycles. The van der Waals surface area contributed by atoms with Gasteiger partial charge in [-0.1, -0.05) is 43.1 Å². The van der Waals surface area contributed by atoms with E-state index in [4.69, 9.17) is 16.3 Å². The second-order valence-corrected chi connectivity index (χ2v) is 6.09. The minimum Gasteiger partial charge on any atom is -0.450 e. The predicted octanol–water partition coefficient (Wildman–Crippen LogP) is 3.86. The number of Topliss-reactive ketones (excluding diaryl/α,β-unsaturated/α-hetero) is 1. The van der Waals surface area contributed by atoms with Crippen molar-refractivity contribution in [3.8, 4) is 0 Å². The molecule has 0 spiro atoms. The fraction of sp³-hybridized carbons (Fsp3) is 0.529. The van der Waals surface area contributed by atoms with E-state index in [1.807, 2.05) is 25.1 Å². The zero-order chi connectivity index (χ0) is 16.0. The van der Waals surface area contributed by atoms with Gasteiger partial charge in [0.15, 0.2) is 0 Å². The highest BCUT2D eigenvalue weighted by molar-refractivity contribution is 6.31. The van der Waals surface area contributed by atoms with Crippen LogP contribution in [0.5, 0.6) is 0 Å². The predicted molar refractivity (Wildman–Crippen MR) is 86.2 cm³/mol. The molecule has 1 aliphatic rings. The number of benzene rings is 1. The lowest BCUT2D eigenvalue weighted by molar-refractivity contribution is -0.126. The molecule has 1 aliphatic carbocycles. The van der Waals surface area contributed by atoms with Gasteiger partial charge < -0.3 is 10.1 Å². The topological polar surface area (TPSA) is 55.4 Å². The second kappa shape index (κ2) is 7.63. The molecular weight excluding hydrogens is 302 g/mol. The first-order valence-corrected chi connectivity index (χ1v) is 8.17. The fourth-order valence-corrected chi connectivity index (χ4v) is 3.29. The van der Waals surface area contributed by atoms with Crippen molar-refractivity contribution in [1.82, 2.24) is 5.32 Å². The van der Waals surface area contributed by atoms with Crippen LogP contribution in [0.3, 0.4) is 0 Å². The summed E-state index contributed by atoms with van der Waals surface area (Å²) in [5, 5.41) is 3.31. The SMILES string of the molecule is CCCOC(=O)NC[C@@]1(c2ccccc2Cl)CCCCC1=O. The Hall–Kier alpha value is -1.55. The monoisotopic (exact) mass is 323 g/mol. The van der Waals surface area contributed by atoms with E-state index in [1.165, 1.54) is 0 Å². The maximum Gasteiger partial charge on any atom is 0.407 e. The average molecular weight is 324 g/mol. The van der Waals surface area contributed by atoms with E-state index in [0.717, 1.165) is 24.8 Å². The lowest BCUT2D eigenvalue weighted by Crippen LogP contribution is -2.48. The Kier molecular flexibility index (Phi) is 5.83. The molecule has 22 heavy (non-hydrogen) atoms. The van der Waals surface area contributed by atoms with Gasteiger partial charge in [0.05, 0.1) is 12.0 Å². The molecule has 2 rings (SSSR count). The molecule has 0 radical (unpaired) electrons. The number of carbonyl (C=O) groups excluding carboxylic acids is 2. The number of ketones is 1. The van der Waals surface area contributed by atoms with Crippen LogP contribution in [0, 0.1) is 0 Å². The average Bonchev–Trinajstić information content (AvgIpc) is 2.53. The molecular formula is C17H22ClNO3. The van der Waals surface area contributed by atoms with Crippen molar-refractivity contribution < 1.29 is 14.3 Å². The maximum absolute atomic E-state index is 12.6. The van der Waals surface area contributed by atoms with Gasteiger partial charge in [0.2, 0.25) is 0 Å². The van der Waals surface area contributed by atoms with Gasteiger partial charge in [-0.15, -0.1) is 0 Å². The van der Waals surface area contributed by atoms with Gasteiger partial charge in [-0.2, -0.15) is 0 Å². The van der Waals surface area contributed by atoms with Crippen molar-refractivity contribution in [2.45, 2.75) is 44.4 Å². The van der Waals surface area contributed by atoms with Crippen molar-refractivity contribution in [1.29, 1.82) is 0 Å². The Morgan fingerprint density at radius 2 is 2.14 bits per heavy atom. The number of alkyl carbamates (subject to hydrolysis) is 1. The summed E-state index contributed by atoms with van der Waals surface area (Å²) < 4.78 is 5.03. The molecule has 1 atom stereocenters. The molecule has 1 N–H and O–H groups in total. The first-order valence-electron chi connectivity index (χ1n) is 7.79. The summed E-state index contributed by atoms with van der Waals surface area (Å²) in [6, 6.07) is 7.39. The van der Waals surface area contributed by atoms with E-state index in [1.54, 1.807) is 6.07 Å². The van der Waals surface area contributed by atoms with Crippen LogP contribution < -0.4 is 5.32 Å². The highest BCUT2D eigenvalue weighted by atomic mass is 35.5. The van der Waals surface area contributed by atoms with Crippen LogP contribution in [0.15, 0.2) is 24.3 Å². The zero-order valence-corrected chi connectivity index (χ0v) is 13.6. The summed E-state index contributed by atoms with van der Waals surface area (Å²) in [6.45, 7) is 2.54. The first-order chi connectivity index (χ1) is 10.6. The highest BCUT2D eigenvalue weighted by Crippen LogP contribution is 2.39. The number of nitrogens with one attached hydrogen (secondary N) is 1. The van der Waals surface area contributed by atoms with Crippen molar-refractivity contribution in [3.05, 3.63) is 34.9 Å². The van der Waals surface area contributed by atoms with Gasteiger partial charge in [0, 0.05) is 18.0 Å². The number of ether oxygens (including phenoxy) is 1. The summed E-state index contributed by atoms with van der Waals surface area (Å²) in [5.41, 5.74) is 0.0686. The van der Waals surface area contributed by atoms with Crippen molar-refractivity contribution in [3.63, 3.8) is 0 Å². The zero-order valence-electron chi connectivity index (χ0n) is 12.9. The highest BCUT2D eigenvalue weighted by Gasteiger charge is 2.42. The smallest absolute Gasteiger partial charge is 0.407 e. The Morgan fingerprint density at radius 3 is 2.82 bits per heavy atom. The Morgan fingerprint density at radius 1 is 1.36 bits per heavy atom. The lowest BCUT2D eigenvalue weighted by Gasteiger charge is -2.36. The number of amides is 1. The van der Waals surface area contributed by atoms with Crippen LogP contribution >= 0.6 is 11.6 Å². The third kappa shape index (κ3) is 3.61. The van der Waals surface area contributed by atoms with Crippen molar-refractivity contribution in [2.75, 3.05) is 13.2 Å². The Labute approximate surface area is 136 Å². The van der Waals surface area contributed by atoms with Gasteiger partial charge in [-0.25, -0.2) is 4.79 Å². The third-order valence-corrected chi connectivity index (χ3v) is 4.48. The van der Waals surface area contributed by atoms with E-state index in [0.29, 0.717) is 24.5 Å². The number of halogens is 1. The van der Waals surface area contributed by atoms with E-state index in [9.17, 15) is 9.59 Å². The van der Waals surface area contributed by atoms with Crippen LogP contribution in [-0.4, -0.2) is 25.0 Å². The van der Waals surface area contributed by atoms with Gasteiger partial charge in [-0.3, -0.25) is 4.79 Å². The normalized spacial score (nSPS) is 21.5. The van der Waals surface area contributed by atoms with Gasteiger partial charge in [-0.05, 0) is 30.9 Å². The van der Waals surface area contributed by atoms with Crippen LogP contribution in [0.1, 0.15) is 44.6 Å². The molecule has 4 nitrogen and oxygen atoms in total. The minimum atomic E-state index is -0.734. The molecule has 0 unspecified atom stereocenters. The van der Waals surface area contributed by atoms with Crippen molar-refractivity contribution >= 4 is 23.5 Å². The van der Waals surface area contributed by atoms with E-state index in [2.05, 4.69) is 5.32 Å².